The predicted octanol–water partition coefficient (Wildman–Crippen LogP) is 5.72. The number of carboxylic acids is 1. The number of aromatic carboxylic acids is 1. The minimum Gasteiger partial charge on any atom is -0.478 e. The molecule has 3 nitrogen and oxygen atoms in total. The summed E-state index contributed by atoms with van der Waals surface area (Å²) in [5.41, 5.74) is 4.08. The molecule has 1 heterocycles. The van der Waals surface area contributed by atoms with E-state index in [1.165, 1.54) is 10.4 Å². The van der Waals surface area contributed by atoms with Crippen molar-refractivity contribution in [3.8, 4) is 10.4 Å². The van der Waals surface area contributed by atoms with Crippen molar-refractivity contribution in [2.24, 2.45) is 11.3 Å². The lowest BCUT2D eigenvalue weighted by Gasteiger charge is -2.29. The molecule has 0 amide bonds. The number of rotatable bonds is 6. The number of nitrogens with zero attached hydrogens (tertiary/aromatic N) is 1. The van der Waals surface area contributed by atoms with Crippen LogP contribution in [0, 0.1) is 11.3 Å². The van der Waals surface area contributed by atoms with E-state index in [4.69, 9.17) is 0 Å². The maximum Gasteiger partial charge on any atom is 0.337 e. The van der Waals surface area contributed by atoms with Gasteiger partial charge in [0.15, 0.2) is 0 Å². The number of benzene rings is 1. The van der Waals surface area contributed by atoms with Gasteiger partial charge in [-0.15, -0.1) is 11.3 Å². The third kappa shape index (κ3) is 4.44. The fraction of sp³-hybridized carbons (Fsp3) is 0.522. The van der Waals surface area contributed by atoms with Gasteiger partial charge in [0.2, 0.25) is 0 Å². The molecule has 3 rings (SSSR count). The first-order chi connectivity index (χ1) is 12.7. The molecule has 0 bridgehead atoms. The van der Waals surface area contributed by atoms with Gasteiger partial charge < -0.3 is 10.0 Å². The van der Waals surface area contributed by atoms with E-state index < -0.39 is 5.97 Å². The zero-order chi connectivity index (χ0) is 19.8. The van der Waals surface area contributed by atoms with Gasteiger partial charge in [-0.1, -0.05) is 52.0 Å². The number of hydrogen-bond acceptors (Lipinski definition) is 3. The molecule has 1 aromatic heterocycles. The summed E-state index contributed by atoms with van der Waals surface area (Å²) in [4.78, 5) is 16.7. The lowest BCUT2D eigenvalue weighted by molar-refractivity contribution is 0.0696. The Morgan fingerprint density at radius 2 is 2.00 bits per heavy atom. The number of hydrogen-bond donors (Lipinski definition) is 1. The van der Waals surface area contributed by atoms with Crippen molar-refractivity contribution in [2.45, 2.75) is 53.5 Å². The van der Waals surface area contributed by atoms with Crippen molar-refractivity contribution >= 4 is 17.3 Å². The largest absolute Gasteiger partial charge is 0.478 e. The lowest BCUT2D eigenvalue weighted by Crippen LogP contribution is -2.23. The Balaban J connectivity index is 2.05. The van der Waals surface area contributed by atoms with Gasteiger partial charge in [-0.2, -0.15) is 0 Å². The van der Waals surface area contributed by atoms with E-state index >= 15 is 0 Å². The third-order valence-electron chi connectivity index (χ3n) is 5.37. The molecule has 0 atom stereocenters. The summed E-state index contributed by atoms with van der Waals surface area (Å²) in [7, 11) is 2.14. The van der Waals surface area contributed by atoms with E-state index in [0.717, 1.165) is 48.4 Å². The molecule has 1 aromatic carbocycles. The highest BCUT2D eigenvalue weighted by molar-refractivity contribution is 7.16. The van der Waals surface area contributed by atoms with Crippen LogP contribution in [0.4, 0.5) is 0 Å². The maximum atomic E-state index is 12.2. The molecule has 1 aliphatic carbocycles. The minimum atomic E-state index is -0.787. The number of carbonyl (C=O) groups is 1. The van der Waals surface area contributed by atoms with E-state index in [1.807, 2.05) is 6.07 Å². The van der Waals surface area contributed by atoms with Gasteiger partial charge >= 0.3 is 5.97 Å². The minimum absolute atomic E-state index is 0.173. The Hall–Kier alpha value is -1.65. The van der Waals surface area contributed by atoms with Gasteiger partial charge in [0, 0.05) is 22.8 Å². The molecule has 2 aromatic rings. The average Bonchev–Trinajstić information content (AvgIpc) is 2.91. The molecular weight excluding hydrogens is 354 g/mol. The van der Waals surface area contributed by atoms with Gasteiger partial charge in [-0.25, -0.2) is 4.79 Å². The van der Waals surface area contributed by atoms with Crippen LogP contribution in [0.15, 0.2) is 24.3 Å². The SMILES string of the molecule is CC(C)CN(C)Cc1ccccc1-c1sc2c(c1C(=O)O)CC(C)(C)CC2. The van der Waals surface area contributed by atoms with Crippen molar-refractivity contribution in [2.75, 3.05) is 13.6 Å². The standard InChI is InChI=1S/C23H31NO2S/c1-15(2)13-24(5)14-16-8-6-7-9-17(16)21-20(22(25)26)18-12-23(3,4)11-10-19(18)27-21/h6-9,15H,10-14H2,1-5H3,(H,25,26). The predicted molar refractivity (Wildman–Crippen MR) is 114 cm³/mol. The number of thiophene rings is 1. The topological polar surface area (TPSA) is 40.5 Å². The Bertz CT molecular complexity index is 835. The molecule has 4 heteroatoms. The summed E-state index contributed by atoms with van der Waals surface area (Å²) in [5.74, 6) is -0.182. The van der Waals surface area contributed by atoms with E-state index in [2.05, 4.69) is 57.8 Å². The van der Waals surface area contributed by atoms with Gasteiger partial charge in [-0.3, -0.25) is 0 Å². The van der Waals surface area contributed by atoms with Crippen LogP contribution in [0.25, 0.3) is 10.4 Å². The highest BCUT2D eigenvalue weighted by atomic mass is 32.1. The van der Waals surface area contributed by atoms with Crippen LogP contribution in [0.2, 0.25) is 0 Å². The Morgan fingerprint density at radius 1 is 1.30 bits per heavy atom. The fourth-order valence-electron chi connectivity index (χ4n) is 4.19. The second-order valence-electron chi connectivity index (χ2n) is 9.10. The first-order valence-electron chi connectivity index (χ1n) is 9.82. The molecule has 0 radical (unpaired) electrons. The molecule has 146 valence electrons. The zero-order valence-electron chi connectivity index (χ0n) is 17.1. The molecule has 1 N–H and O–H groups in total. The Kier molecular flexibility index (Phi) is 5.78. The normalized spacial score (nSPS) is 16.0. The summed E-state index contributed by atoms with van der Waals surface area (Å²) in [6.07, 6.45) is 2.97. The average molecular weight is 386 g/mol. The van der Waals surface area contributed by atoms with Crippen molar-refractivity contribution in [3.05, 3.63) is 45.8 Å². The van der Waals surface area contributed by atoms with E-state index in [9.17, 15) is 9.90 Å². The Morgan fingerprint density at radius 3 is 2.67 bits per heavy atom. The van der Waals surface area contributed by atoms with Crippen molar-refractivity contribution in [1.29, 1.82) is 0 Å². The molecule has 0 aliphatic heterocycles. The molecule has 0 saturated carbocycles. The maximum absolute atomic E-state index is 12.2. The summed E-state index contributed by atoms with van der Waals surface area (Å²) < 4.78 is 0. The molecule has 0 spiro atoms. The molecule has 0 saturated heterocycles. The van der Waals surface area contributed by atoms with Crippen molar-refractivity contribution < 1.29 is 9.90 Å². The van der Waals surface area contributed by atoms with Gasteiger partial charge in [-0.05, 0) is 54.3 Å². The van der Waals surface area contributed by atoms with Crippen LogP contribution in [0.1, 0.15) is 60.5 Å². The van der Waals surface area contributed by atoms with E-state index in [0.29, 0.717) is 11.5 Å². The number of carboxylic acid groups (broad SMARTS) is 1. The highest BCUT2D eigenvalue weighted by Gasteiger charge is 2.33. The van der Waals surface area contributed by atoms with Crippen LogP contribution in [0.3, 0.4) is 0 Å². The smallest absolute Gasteiger partial charge is 0.337 e. The molecular formula is C23H31NO2S. The lowest BCUT2D eigenvalue weighted by atomic mass is 9.76. The molecule has 27 heavy (non-hydrogen) atoms. The Labute approximate surface area is 167 Å². The number of aryl methyl sites for hydroxylation is 1. The van der Waals surface area contributed by atoms with Crippen LogP contribution >= 0.6 is 11.3 Å². The second-order valence-corrected chi connectivity index (χ2v) is 10.2. The van der Waals surface area contributed by atoms with Gasteiger partial charge in [0.05, 0.1) is 5.56 Å². The van der Waals surface area contributed by atoms with Gasteiger partial charge in [0.1, 0.15) is 0 Å². The highest BCUT2D eigenvalue weighted by Crippen LogP contribution is 2.45. The van der Waals surface area contributed by atoms with Crippen LogP contribution in [0.5, 0.6) is 0 Å². The molecule has 1 aliphatic rings. The van der Waals surface area contributed by atoms with Crippen LogP contribution in [-0.2, 0) is 19.4 Å². The third-order valence-corrected chi connectivity index (χ3v) is 6.69. The van der Waals surface area contributed by atoms with Gasteiger partial charge in [0.25, 0.3) is 0 Å². The van der Waals surface area contributed by atoms with E-state index in [-0.39, 0.29) is 5.41 Å². The monoisotopic (exact) mass is 385 g/mol. The first kappa shape index (κ1) is 20.1. The molecule has 0 unspecified atom stereocenters. The second kappa shape index (κ2) is 7.76. The molecule has 0 fully saturated rings. The van der Waals surface area contributed by atoms with Crippen molar-refractivity contribution in [1.82, 2.24) is 4.90 Å². The summed E-state index contributed by atoms with van der Waals surface area (Å²) in [6, 6.07) is 8.31. The number of fused-ring (bicyclic) bond motifs is 1. The van der Waals surface area contributed by atoms with Crippen molar-refractivity contribution in [3.63, 3.8) is 0 Å². The fourth-order valence-corrected chi connectivity index (χ4v) is 5.56. The van der Waals surface area contributed by atoms with E-state index in [1.54, 1.807) is 11.3 Å². The van der Waals surface area contributed by atoms with Crippen LogP contribution < -0.4 is 0 Å². The zero-order valence-corrected chi connectivity index (χ0v) is 17.9. The first-order valence-corrected chi connectivity index (χ1v) is 10.6. The summed E-state index contributed by atoms with van der Waals surface area (Å²) >= 11 is 1.70. The van der Waals surface area contributed by atoms with Crippen LogP contribution in [-0.4, -0.2) is 29.6 Å². The summed E-state index contributed by atoms with van der Waals surface area (Å²) in [5, 5.41) is 10.0. The summed E-state index contributed by atoms with van der Waals surface area (Å²) in [6.45, 7) is 10.8. The quantitative estimate of drug-likeness (QED) is 0.692.